The van der Waals surface area contributed by atoms with Gasteiger partial charge in [-0.25, -0.2) is 0 Å². The minimum atomic E-state index is -0.314. The van der Waals surface area contributed by atoms with E-state index in [0.717, 1.165) is 38.4 Å². The summed E-state index contributed by atoms with van der Waals surface area (Å²) in [5.74, 6) is 0. The lowest BCUT2D eigenvalue weighted by Gasteiger charge is -1.95. The second-order valence-corrected chi connectivity index (χ2v) is 5.59. The molecule has 0 aromatic heterocycles. The Balaban J connectivity index is 3.58. The molecule has 0 aromatic carbocycles. The Bertz CT molecular complexity index is 448. The standard InChI is InChI=1S/C20H31NO3/c1-2-20(21(23)24)18-16-14-12-10-8-6-4-3-5-7-9-11-13-15-17-19-22/h3,5-6,8,12,14,18-19H,2,4,7,9-11,13,15-17H2,1H3/b5-3+,8-6+,14-12+,20-18-. The molecule has 0 atom stereocenters. The molecule has 24 heavy (non-hydrogen) atoms. The molecule has 0 saturated heterocycles. The van der Waals surface area contributed by atoms with Crippen LogP contribution < -0.4 is 0 Å². The van der Waals surface area contributed by atoms with Crippen LogP contribution >= 0.6 is 0 Å². The number of carbonyl (C=O) groups is 1. The molecule has 4 heteroatoms. The fourth-order valence-corrected chi connectivity index (χ4v) is 2.15. The summed E-state index contributed by atoms with van der Waals surface area (Å²) in [4.78, 5) is 20.4. The van der Waals surface area contributed by atoms with Crippen molar-refractivity contribution in [3.63, 3.8) is 0 Å². The van der Waals surface area contributed by atoms with E-state index in [2.05, 4.69) is 24.3 Å². The maximum Gasteiger partial charge on any atom is 0.242 e. The van der Waals surface area contributed by atoms with Gasteiger partial charge in [-0.15, -0.1) is 0 Å². The monoisotopic (exact) mass is 333 g/mol. The first-order chi connectivity index (χ1) is 11.7. The van der Waals surface area contributed by atoms with E-state index in [0.29, 0.717) is 19.3 Å². The van der Waals surface area contributed by atoms with Crippen LogP contribution in [0.1, 0.15) is 71.1 Å². The topological polar surface area (TPSA) is 60.2 Å². The molecule has 0 saturated carbocycles. The van der Waals surface area contributed by atoms with Gasteiger partial charge in [-0.1, -0.05) is 56.2 Å². The predicted molar refractivity (Wildman–Crippen MR) is 100 cm³/mol. The zero-order valence-corrected chi connectivity index (χ0v) is 14.9. The summed E-state index contributed by atoms with van der Waals surface area (Å²) in [6, 6.07) is 0. The molecule has 0 N–H and O–H groups in total. The Labute approximate surface area is 146 Å². The van der Waals surface area contributed by atoms with E-state index in [-0.39, 0.29) is 10.6 Å². The summed E-state index contributed by atoms with van der Waals surface area (Å²) >= 11 is 0. The van der Waals surface area contributed by atoms with Gasteiger partial charge in [-0.05, 0) is 44.6 Å². The van der Waals surface area contributed by atoms with E-state index in [1.165, 1.54) is 12.8 Å². The molecule has 0 radical (unpaired) electrons. The minimum absolute atomic E-state index is 0.282. The predicted octanol–water partition coefficient (Wildman–Crippen LogP) is 5.94. The molecular weight excluding hydrogens is 302 g/mol. The summed E-state index contributed by atoms with van der Waals surface area (Å²) < 4.78 is 0. The number of unbranched alkanes of at least 4 members (excludes halogenated alkanes) is 5. The highest BCUT2D eigenvalue weighted by atomic mass is 16.6. The average molecular weight is 333 g/mol. The fourth-order valence-electron chi connectivity index (χ4n) is 2.15. The molecule has 0 amide bonds. The maximum atomic E-state index is 10.6. The van der Waals surface area contributed by atoms with Crippen molar-refractivity contribution >= 4 is 6.29 Å². The van der Waals surface area contributed by atoms with Crippen LogP contribution in [0.2, 0.25) is 0 Å². The van der Waals surface area contributed by atoms with Gasteiger partial charge in [0.25, 0.3) is 0 Å². The van der Waals surface area contributed by atoms with Crippen molar-refractivity contribution in [2.75, 3.05) is 0 Å². The van der Waals surface area contributed by atoms with Crippen LogP contribution in [0.5, 0.6) is 0 Å². The van der Waals surface area contributed by atoms with Crippen LogP contribution in [-0.2, 0) is 4.79 Å². The Kier molecular flexibility index (Phi) is 16.0. The van der Waals surface area contributed by atoms with Gasteiger partial charge < -0.3 is 4.79 Å². The molecule has 0 bridgehead atoms. The number of hydrogen-bond acceptors (Lipinski definition) is 3. The first-order valence-corrected chi connectivity index (χ1v) is 8.94. The number of aldehydes is 1. The Morgan fingerprint density at radius 1 is 0.833 bits per heavy atom. The van der Waals surface area contributed by atoms with E-state index < -0.39 is 0 Å². The van der Waals surface area contributed by atoms with Crippen LogP contribution in [0.3, 0.4) is 0 Å². The highest BCUT2D eigenvalue weighted by molar-refractivity contribution is 5.48. The van der Waals surface area contributed by atoms with Crippen molar-refractivity contribution < 1.29 is 9.72 Å². The van der Waals surface area contributed by atoms with E-state index in [1.807, 2.05) is 12.2 Å². The second-order valence-electron chi connectivity index (χ2n) is 5.59. The zero-order chi connectivity index (χ0) is 17.9. The van der Waals surface area contributed by atoms with Crippen molar-refractivity contribution in [2.45, 2.75) is 71.1 Å². The van der Waals surface area contributed by atoms with Gasteiger partial charge in [0.05, 0.1) is 4.92 Å². The van der Waals surface area contributed by atoms with E-state index >= 15 is 0 Å². The molecule has 0 aromatic rings. The van der Waals surface area contributed by atoms with Crippen LogP contribution in [0.15, 0.2) is 48.2 Å². The van der Waals surface area contributed by atoms with Gasteiger partial charge >= 0.3 is 0 Å². The smallest absolute Gasteiger partial charge is 0.242 e. The third kappa shape index (κ3) is 14.9. The molecule has 134 valence electrons. The Morgan fingerprint density at radius 3 is 1.92 bits per heavy atom. The van der Waals surface area contributed by atoms with Crippen molar-refractivity contribution in [2.24, 2.45) is 0 Å². The molecule has 0 heterocycles. The first kappa shape index (κ1) is 22.0. The molecule has 0 unspecified atom stereocenters. The quantitative estimate of drug-likeness (QED) is 0.123. The van der Waals surface area contributed by atoms with E-state index in [1.54, 1.807) is 13.0 Å². The van der Waals surface area contributed by atoms with Crippen LogP contribution in [0.4, 0.5) is 0 Å². The third-order valence-electron chi connectivity index (χ3n) is 3.57. The van der Waals surface area contributed by atoms with E-state index in [4.69, 9.17) is 0 Å². The minimum Gasteiger partial charge on any atom is -0.303 e. The summed E-state index contributed by atoms with van der Waals surface area (Å²) in [6.07, 6.45) is 24.5. The molecule has 0 rings (SSSR count). The number of nitrogens with zero attached hydrogens (tertiary/aromatic N) is 1. The molecule has 0 spiro atoms. The highest BCUT2D eigenvalue weighted by Gasteiger charge is 2.03. The third-order valence-corrected chi connectivity index (χ3v) is 3.57. The molecule has 0 fully saturated rings. The Hall–Kier alpha value is -1.97. The molecule has 4 nitrogen and oxygen atoms in total. The van der Waals surface area contributed by atoms with Crippen molar-refractivity contribution in [3.8, 4) is 0 Å². The SMILES string of the molecule is CC/C(=C/C/C=C/C/C=C/C/C=C/CCCCCCC=O)[N+](=O)[O-]. The molecule has 0 aliphatic rings. The lowest BCUT2D eigenvalue weighted by atomic mass is 10.1. The van der Waals surface area contributed by atoms with Crippen LogP contribution in [0, 0.1) is 10.1 Å². The summed E-state index contributed by atoms with van der Waals surface area (Å²) in [5.41, 5.74) is 0.282. The molecule has 0 aliphatic heterocycles. The van der Waals surface area contributed by atoms with Gasteiger partial charge in [0.2, 0.25) is 5.70 Å². The number of hydrogen-bond donors (Lipinski definition) is 0. The van der Waals surface area contributed by atoms with Gasteiger partial charge in [-0.3, -0.25) is 10.1 Å². The number of carbonyl (C=O) groups excluding carboxylic acids is 1. The number of allylic oxidation sites excluding steroid dienone is 8. The highest BCUT2D eigenvalue weighted by Crippen LogP contribution is 2.06. The summed E-state index contributed by atoms with van der Waals surface area (Å²) in [5, 5.41) is 10.6. The van der Waals surface area contributed by atoms with Gasteiger partial charge in [0.15, 0.2) is 0 Å². The van der Waals surface area contributed by atoms with Gasteiger partial charge in [-0.2, -0.15) is 0 Å². The van der Waals surface area contributed by atoms with Crippen molar-refractivity contribution in [1.29, 1.82) is 0 Å². The Morgan fingerprint density at radius 2 is 1.38 bits per heavy atom. The van der Waals surface area contributed by atoms with Crippen LogP contribution in [-0.4, -0.2) is 11.2 Å². The lowest BCUT2D eigenvalue weighted by molar-refractivity contribution is -0.427. The van der Waals surface area contributed by atoms with Gasteiger partial charge in [0, 0.05) is 12.8 Å². The molecular formula is C20H31NO3. The van der Waals surface area contributed by atoms with E-state index in [9.17, 15) is 14.9 Å². The van der Waals surface area contributed by atoms with Crippen LogP contribution in [0.25, 0.3) is 0 Å². The normalized spacial score (nSPS) is 12.6. The maximum absolute atomic E-state index is 10.6. The summed E-state index contributed by atoms with van der Waals surface area (Å²) in [6.45, 7) is 1.79. The van der Waals surface area contributed by atoms with Crippen molar-refractivity contribution in [3.05, 3.63) is 58.3 Å². The summed E-state index contributed by atoms with van der Waals surface area (Å²) in [7, 11) is 0. The average Bonchev–Trinajstić information content (AvgIpc) is 2.57. The number of rotatable bonds is 15. The largest absolute Gasteiger partial charge is 0.303 e. The second kappa shape index (κ2) is 17.4. The molecule has 0 aliphatic carbocycles. The zero-order valence-electron chi connectivity index (χ0n) is 14.9. The van der Waals surface area contributed by atoms with Crippen molar-refractivity contribution in [1.82, 2.24) is 0 Å². The number of nitro groups is 1. The fraction of sp³-hybridized carbons (Fsp3) is 0.550. The first-order valence-electron chi connectivity index (χ1n) is 8.94. The van der Waals surface area contributed by atoms with Gasteiger partial charge in [0.1, 0.15) is 6.29 Å². The lowest BCUT2D eigenvalue weighted by Crippen LogP contribution is -1.96.